The molecule has 110 valence electrons. The number of rotatable bonds is 3. The molecule has 2 heterocycles. The molecule has 1 aromatic carbocycles. The summed E-state index contributed by atoms with van der Waals surface area (Å²) < 4.78 is 5.37. The van der Waals surface area contributed by atoms with Gasteiger partial charge in [0.25, 0.3) is 0 Å². The summed E-state index contributed by atoms with van der Waals surface area (Å²) in [6, 6.07) is 9.80. The van der Waals surface area contributed by atoms with Gasteiger partial charge in [0.1, 0.15) is 0 Å². The Balaban J connectivity index is 1.91. The zero-order valence-corrected chi connectivity index (χ0v) is 12.5. The van der Waals surface area contributed by atoms with Crippen LogP contribution in [0.1, 0.15) is 24.2 Å². The highest BCUT2D eigenvalue weighted by Gasteiger charge is 2.36. The summed E-state index contributed by atoms with van der Waals surface area (Å²) in [7, 11) is 0. The summed E-state index contributed by atoms with van der Waals surface area (Å²) in [6.07, 6.45) is 1.69. The van der Waals surface area contributed by atoms with Crippen molar-refractivity contribution < 1.29 is 9.53 Å². The Morgan fingerprint density at radius 2 is 1.95 bits per heavy atom. The molecule has 0 saturated carbocycles. The lowest BCUT2D eigenvalue weighted by atomic mass is 9.91. The van der Waals surface area contributed by atoms with Crippen LogP contribution >= 0.6 is 0 Å². The molecular formula is C17H20N2O2. The largest absolute Gasteiger partial charge is 0.379 e. The average Bonchev–Trinajstić information content (AvgIpc) is 2.54. The Kier molecular flexibility index (Phi) is 3.74. The topological polar surface area (TPSA) is 42.4 Å². The molecule has 0 unspecified atom stereocenters. The normalized spacial score (nSPS) is 17.0. The number of carbonyl (C=O) groups excluding carboxylic acids is 1. The van der Waals surface area contributed by atoms with Crippen LogP contribution in [0.25, 0.3) is 10.9 Å². The second kappa shape index (κ2) is 5.54. The van der Waals surface area contributed by atoms with E-state index in [1.165, 1.54) is 0 Å². The molecule has 2 aromatic rings. The first-order valence-corrected chi connectivity index (χ1v) is 7.31. The van der Waals surface area contributed by atoms with E-state index in [0.29, 0.717) is 18.8 Å². The van der Waals surface area contributed by atoms with Crippen molar-refractivity contribution in [2.24, 2.45) is 0 Å². The number of ketones is 1. The molecule has 4 nitrogen and oxygen atoms in total. The first-order chi connectivity index (χ1) is 10.1. The number of ether oxygens (including phenoxy) is 1. The van der Waals surface area contributed by atoms with Crippen molar-refractivity contribution in [2.75, 3.05) is 26.3 Å². The number of fused-ring (bicyclic) bond motifs is 1. The Hall–Kier alpha value is -1.78. The molecule has 3 rings (SSSR count). The summed E-state index contributed by atoms with van der Waals surface area (Å²) >= 11 is 0. The van der Waals surface area contributed by atoms with Crippen LogP contribution in [0.15, 0.2) is 36.5 Å². The third-order valence-corrected chi connectivity index (χ3v) is 4.21. The number of para-hydroxylation sites is 1. The van der Waals surface area contributed by atoms with Gasteiger partial charge in [-0.05, 0) is 26.0 Å². The maximum absolute atomic E-state index is 12.9. The molecule has 1 saturated heterocycles. The molecule has 0 radical (unpaired) electrons. The van der Waals surface area contributed by atoms with Crippen molar-refractivity contribution >= 4 is 16.7 Å². The van der Waals surface area contributed by atoms with E-state index in [9.17, 15) is 4.79 Å². The minimum Gasteiger partial charge on any atom is -0.379 e. The van der Waals surface area contributed by atoms with Crippen LogP contribution in [0.5, 0.6) is 0 Å². The lowest BCUT2D eigenvalue weighted by Crippen LogP contribution is -2.54. The fourth-order valence-corrected chi connectivity index (χ4v) is 2.81. The van der Waals surface area contributed by atoms with E-state index in [-0.39, 0.29) is 5.78 Å². The number of hydrogen-bond acceptors (Lipinski definition) is 4. The zero-order chi connectivity index (χ0) is 14.9. The molecule has 0 spiro atoms. The molecule has 0 aliphatic carbocycles. The Morgan fingerprint density at radius 3 is 2.71 bits per heavy atom. The van der Waals surface area contributed by atoms with E-state index < -0.39 is 5.54 Å². The molecule has 1 fully saturated rings. The lowest BCUT2D eigenvalue weighted by molar-refractivity contribution is -0.00430. The molecule has 1 aliphatic rings. The summed E-state index contributed by atoms with van der Waals surface area (Å²) in [4.78, 5) is 19.5. The Bertz CT molecular complexity index is 661. The second-order valence-electron chi connectivity index (χ2n) is 5.90. The van der Waals surface area contributed by atoms with Crippen molar-refractivity contribution in [3.8, 4) is 0 Å². The van der Waals surface area contributed by atoms with Crippen molar-refractivity contribution in [2.45, 2.75) is 19.4 Å². The van der Waals surface area contributed by atoms with Crippen molar-refractivity contribution in [1.29, 1.82) is 0 Å². The van der Waals surface area contributed by atoms with Gasteiger partial charge in [0, 0.05) is 30.2 Å². The molecule has 0 bridgehead atoms. The summed E-state index contributed by atoms with van der Waals surface area (Å²) in [5.74, 6) is 0.114. The minimum absolute atomic E-state index is 0.114. The monoisotopic (exact) mass is 284 g/mol. The fourth-order valence-electron chi connectivity index (χ4n) is 2.81. The summed E-state index contributed by atoms with van der Waals surface area (Å²) in [6.45, 7) is 6.92. The molecular weight excluding hydrogens is 264 g/mol. The van der Waals surface area contributed by atoms with Gasteiger partial charge in [-0.25, -0.2) is 0 Å². The van der Waals surface area contributed by atoms with Crippen LogP contribution in [-0.4, -0.2) is 47.5 Å². The maximum atomic E-state index is 12.9. The number of nitrogens with zero attached hydrogens (tertiary/aromatic N) is 2. The van der Waals surface area contributed by atoms with Crippen molar-refractivity contribution in [3.63, 3.8) is 0 Å². The van der Waals surface area contributed by atoms with E-state index in [4.69, 9.17) is 4.74 Å². The molecule has 1 aromatic heterocycles. The van der Waals surface area contributed by atoms with Crippen LogP contribution in [0.3, 0.4) is 0 Å². The van der Waals surface area contributed by atoms with Crippen LogP contribution < -0.4 is 0 Å². The van der Waals surface area contributed by atoms with Gasteiger partial charge < -0.3 is 4.74 Å². The lowest BCUT2D eigenvalue weighted by Gasteiger charge is -2.39. The minimum atomic E-state index is -0.534. The molecule has 0 atom stereocenters. The van der Waals surface area contributed by atoms with Gasteiger partial charge in [-0.3, -0.25) is 14.7 Å². The number of pyridine rings is 1. The van der Waals surface area contributed by atoms with Crippen molar-refractivity contribution in [1.82, 2.24) is 9.88 Å². The summed E-state index contributed by atoms with van der Waals surface area (Å²) in [5.41, 5.74) is 1.05. The van der Waals surface area contributed by atoms with Crippen LogP contribution in [0.2, 0.25) is 0 Å². The van der Waals surface area contributed by atoms with Gasteiger partial charge in [0.05, 0.1) is 24.3 Å². The molecule has 1 aliphatic heterocycles. The molecule has 0 N–H and O–H groups in total. The standard InChI is InChI=1S/C17H20N2O2/c1-17(2,19-7-9-21-10-8-19)16(20)14-11-13-5-3-4-6-15(13)18-12-14/h3-6,11-12H,7-10H2,1-2H3. The van der Waals surface area contributed by atoms with E-state index >= 15 is 0 Å². The fraction of sp³-hybridized carbons (Fsp3) is 0.412. The predicted octanol–water partition coefficient (Wildman–Crippen LogP) is 2.53. The van der Waals surface area contributed by atoms with Crippen LogP contribution in [0, 0.1) is 0 Å². The number of morpholine rings is 1. The third kappa shape index (κ3) is 2.69. The molecule has 0 amide bonds. The first-order valence-electron chi connectivity index (χ1n) is 7.31. The van der Waals surface area contributed by atoms with Gasteiger partial charge in [0.2, 0.25) is 0 Å². The van der Waals surface area contributed by atoms with Gasteiger partial charge in [-0.15, -0.1) is 0 Å². The zero-order valence-electron chi connectivity index (χ0n) is 12.5. The number of benzene rings is 1. The van der Waals surface area contributed by atoms with E-state index in [1.54, 1.807) is 6.20 Å². The smallest absolute Gasteiger partial charge is 0.184 e. The summed E-state index contributed by atoms with van der Waals surface area (Å²) in [5, 5.41) is 1.00. The van der Waals surface area contributed by atoms with E-state index in [2.05, 4.69) is 9.88 Å². The second-order valence-corrected chi connectivity index (χ2v) is 5.90. The number of Topliss-reactive ketones (excluding diaryl/α,β-unsaturated/α-hetero) is 1. The van der Waals surface area contributed by atoms with E-state index in [1.807, 2.05) is 44.2 Å². The quantitative estimate of drug-likeness (QED) is 0.812. The van der Waals surface area contributed by atoms with Gasteiger partial charge in [0.15, 0.2) is 5.78 Å². The van der Waals surface area contributed by atoms with Gasteiger partial charge >= 0.3 is 0 Å². The number of hydrogen-bond donors (Lipinski definition) is 0. The van der Waals surface area contributed by atoms with Gasteiger partial charge in [-0.2, -0.15) is 0 Å². The van der Waals surface area contributed by atoms with Crippen LogP contribution in [0.4, 0.5) is 0 Å². The maximum Gasteiger partial charge on any atom is 0.184 e. The highest BCUT2D eigenvalue weighted by molar-refractivity contribution is 6.04. The Morgan fingerprint density at radius 1 is 1.24 bits per heavy atom. The van der Waals surface area contributed by atoms with Gasteiger partial charge in [-0.1, -0.05) is 18.2 Å². The van der Waals surface area contributed by atoms with Crippen molar-refractivity contribution in [3.05, 3.63) is 42.1 Å². The third-order valence-electron chi connectivity index (χ3n) is 4.21. The predicted molar refractivity (Wildman–Crippen MR) is 82.5 cm³/mol. The first kappa shape index (κ1) is 14.2. The average molecular weight is 284 g/mol. The SMILES string of the molecule is CC(C)(C(=O)c1cnc2ccccc2c1)N1CCOCC1. The highest BCUT2D eigenvalue weighted by Crippen LogP contribution is 2.23. The highest BCUT2D eigenvalue weighted by atomic mass is 16.5. The van der Waals surface area contributed by atoms with Crippen LogP contribution in [-0.2, 0) is 4.74 Å². The number of aromatic nitrogens is 1. The Labute approximate surface area is 124 Å². The molecule has 4 heteroatoms. The number of carbonyl (C=O) groups is 1. The molecule has 21 heavy (non-hydrogen) atoms. The van der Waals surface area contributed by atoms with E-state index in [0.717, 1.165) is 24.0 Å².